The first-order valence-electron chi connectivity index (χ1n) is 5.50. The van der Waals surface area contributed by atoms with Gasteiger partial charge in [-0.2, -0.15) is 0 Å². The molecular formula is C12H14FN3S. The summed E-state index contributed by atoms with van der Waals surface area (Å²) in [6, 6.07) is 6.57. The summed E-state index contributed by atoms with van der Waals surface area (Å²) in [5.74, 6) is -0.224. The zero-order valence-corrected chi connectivity index (χ0v) is 10.6. The molecule has 1 aromatic heterocycles. The van der Waals surface area contributed by atoms with E-state index in [1.54, 1.807) is 12.1 Å². The van der Waals surface area contributed by atoms with E-state index in [-0.39, 0.29) is 11.9 Å². The molecule has 0 aliphatic heterocycles. The Bertz CT molecular complexity index is 498. The first-order chi connectivity index (χ1) is 8.26. The minimum atomic E-state index is -0.224. The van der Waals surface area contributed by atoms with Gasteiger partial charge < -0.3 is 5.32 Å². The Morgan fingerprint density at radius 3 is 2.94 bits per heavy atom. The summed E-state index contributed by atoms with van der Waals surface area (Å²) in [6.45, 7) is 2.04. The highest BCUT2D eigenvalue weighted by molar-refractivity contribution is 7.05. The van der Waals surface area contributed by atoms with E-state index < -0.39 is 0 Å². The fraction of sp³-hybridized carbons (Fsp3) is 0.333. The second kappa shape index (κ2) is 5.33. The lowest BCUT2D eigenvalue weighted by atomic mass is 10.0. The van der Waals surface area contributed by atoms with E-state index in [1.807, 2.05) is 20.0 Å². The SMILES string of the molecule is CCc1nnsc1C(NC)c1cccc(F)c1. The average molecular weight is 251 g/mol. The zero-order valence-electron chi connectivity index (χ0n) is 9.77. The summed E-state index contributed by atoms with van der Waals surface area (Å²) >= 11 is 1.36. The van der Waals surface area contributed by atoms with Crippen LogP contribution >= 0.6 is 11.5 Å². The molecule has 17 heavy (non-hydrogen) atoms. The molecule has 1 unspecified atom stereocenters. The lowest BCUT2D eigenvalue weighted by Crippen LogP contribution is -2.18. The van der Waals surface area contributed by atoms with Gasteiger partial charge in [0.25, 0.3) is 0 Å². The van der Waals surface area contributed by atoms with E-state index in [9.17, 15) is 4.39 Å². The van der Waals surface area contributed by atoms with Crippen LogP contribution < -0.4 is 5.32 Å². The van der Waals surface area contributed by atoms with Crippen molar-refractivity contribution in [2.24, 2.45) is 0 Å². The normalized spacial score (nSPS) is 12.6. The minimum Gasteiger partial charge on any atom is -0.309 e. The smallest absolute Gasteiger partial charge is 0.123 e. The highest BCUT2D eigenvalue weighted by Crippen LogP contribution is 2.27. The quantitative estimate of drug-likeness (QED) is 0.907. The number of hydrogen-bond acceptors (Lipinski definition) is 4. The second-order valence-electron chi connectivity index (χ2n) is 3.71. The van der Waals surface area contributed by atoms with Crippen molar-refractivity contribution >= 4 is 11.5 Å². The first kappa shape index (κ1) is 12.1. The van der Waals surface area contributed by atoms with Crippen molar-refractivity contribution in [3.8, 4) is 0 Å². The Balaban J connectivity index is 2.40. The summed E-state index contributed by atoms with van der Waals surface area (Å²) in [5, 5.41) is 7.27. The Hall–Kier alpha value is -1.33. The fourth-order valence-corrected chi connectivity index (χ4v) is 2.69. The molecule has 90 valence electrons. The molecule has 3 nitrogen and oxygen atoms in total. The number of nitrogens with one attached hydrogen (secondary N) is 1. The van der Waals surface area contributed by atoms with Crippen LogP contribution in [-0.4, -0.2) is 16.6 Å². The second-order valence-corrected chi connectivity index (χ2v) is 4.50. The maximum atomic E-state index is 13.2. The molecule has 0 radical (unpaired) electrons. The highest BCUT2D eigenvalue weighted by atomic mass is 32.1. The number of aryl methyl sites for hydroxylation is 1. The standard InChI is InChI=1S/C12H14FN3S/c1-3-10-12(17-16-15-10)11(14-2)8-5-4-6-9(13)7-8/h4-7,11,14H,3H2,1-2H3. The van der Waals surface area contributed by atoms with Crippen LogP contribution in [0.4, 0.5) is 4.39 Å². The van der Waals surface area contributed by atoms with Crippen LogP contribution in [0.5, 0.6) is 0 Å². The molecule has 0 fully saturated rings. The lowest BCUT2D eigenvalue weighted by Gasteiger charge is -2.15. The molecule has 1 atom stereocenters. The van der Waals surface area contributed by atoms with Gasteiger partial charge in [0, 0.05) is 0 Å². The maximum Gasteiger partial charge on any atom is 0.123 e. The van der Waals surface area contributed by atoms with Crippen molar-refractivity contribution in [3.05, 3.63) is 46.2 Å². The van der Waals surface area contributed by atoms with Gasteiger partial charge in [-0.15, -0.1) is 5.10 Å². The monoisotopic (exact) mass is 251 g/mol. The van der Waals surface area contributed by atoms with E-state index in [0.717, 1.165) is 22.6 Å². The Morgan fingerprint density at radius 1 is 1.47 bits per heavy atom. The molecule has 0 saturated carbocycles. The fourth-order valence-electron chi connectivity index (χ4n) is 1.82. The summed E-state index contributed by atoms with van der Waals surface area (Å²) in [7, 11) is 1.86. The number of benzene rings is 1. The van der Waals surface area contributed by atoms with Crippen LogP contribution in [0.15, 0.2) is 24.3 Å². The van der Waals surface area contributed by atoms with Gasteiger partial charge in [-0.1, -0.05) is 23.5 Å². The molecule has 0 bridgehead atoms. The largest absolute Gasteiger partial charge is 0.309 e. The van der Waals surface area contributed by atoms with Crippen molar-refractivity contribution in [2.45, 2.75) is 19.4 Å². The topological polar surface area (TPSA) is 37.8 Å². The Labute approximate surface area is 104 Å². The Morgan fingerprint density at radius 2 is 2.29 bits per heavy atom. The average Bonchev–Trinajstić information content (AvgIpc) is 2.78. The molecule has 0 spiro atoms. The number of hydrogen-bond donors (Lipinski definition) is 1. The zero-order chi connectivity index (χ0) is 12.3. The molecular weight excluding hydrogens is 237 g/mol. The van der Waals surface area contributed by atoms with Crippen LogP contribution in [0.1, 0.15) is 29.1 Å². The van der Waals surface area contributed by atoms with Gasteiger partial charge in [0.15, 0.2) is 0 Å². The van der Waals surface area contributed by atoms with Gasteiger partial charge >= 0.3 is 0 Å². The third kappa shape index (κ3) is 2.50. The third-order valence-electron chi connectivity index (χ3n) is 2.65. The molecule has 2 aromatic rings. The van der Waals surface area contributed by atoms with Gasteiger partial charge in [-0.3, -0.25) is 0 Å². The van der Waals surface area contributed by atoms with Crippen molar-refractivity contribution in [1.82, 2.24) is 14.9 Å². The van der Waals surface area contributed by atoms with E-state index in [1.165, 1.54) is 17.6 Å². The first-order valence-corrected chi connectivity index (χ1v) is 6.27. The predicted octanol–water partition coefficient (Wildman–Crippen LogP) is 2.55. The van der Waals surface area contributed by atoms with Crippen LogP contribution in [-0.2, 0) is 6.42 Å². The number of nitrogens with zero attached hydrogens (tertiary/aromatic N) is 2. The molecule has 0 aliphatic rings. The van der Waals surface area contributed by atoms with Gasteiger partial charge in [0.1, 0.15) is 5.82 Å². The predicted molar refractivity (Wildman–Crippen MR) is 66.6 cm³/mol. The summed E-state index contributed by atoms with van der Waals surface area (Å²) in [4.78, 5) is 1.06. The number of aromatic nitrogens is 2. The van der Waals surface area contributed by atoms with Gasteiger partial charge in [-0.05, 0) is 42.7 Å². The van der Waals surface area contributed by atoms with Crippen molar-refractivity contribution in [3.63, 3.8) is 0 Å². The molecule has 5 heteroatoms. The molecule has 1 heterocycles. The van der Waals surface area contributed by atoms with Gasteiger partial charge in [0.05, 0.1) is 16.6 Å². The molecule has 2 rings (SSSR count). The summed E-state index contributed by atoms with van der Waals surface area (Å²) in [5.41, 5.74) is 1.87. The van der Waals surface area contributed by atoms with E-state index in [2.05, 4.69) is 14.9 Å². The van der Waals surface area contributed by atoms with Crippen LogP contribution in [0.2, 0.25) is 0 Å². The molecule has 0 amide bonds. The van der Waals surface area contributed by atoms with Crippen LogP contribution in [0, 0.1) is 5.82 Å². The summed E-state index contributed by atoms with van der Waals surface area (Å²) < 4.78 is 17.2. The minimum absolute atomic E-state index is 0.0411. The van der Waals surface area contributed by atoms with Crippen molar-refractivity contribution in [1.29, 1.82) is 0 Å². The molecule has 0 saturated heterocycles. The Kier molecular flexibility index (Phi) is 3.81. The third-order valence-corrected chi connectivity index (χ3v) is 3.48. The summed E-state index contributed by atoms with van der Waals surface area (Å²) in [6.07, 6.45) is 0.833. The van der Waals surface area contributed by atoms with Crippen molar-refractivity contribution < 1.29 is 4.39 Å². The molecule has 0 aliphatic carbocycles. The maximum absolute atomic E-state index is 13.2. The number of halogens is 1. The lowest BCUT2D eigenvalue weighted by molar-refractivity contribution is 0.617. The van der Waals surface area contributed by atoms with E-state index in [4.69, 9.17) is 0 Å². The van der Waals surface area contributed by atoms with Crippen LogP contribution in [0.3, 0.4) is 0 Å². The van der Waals surface area contributed by atoms with E-state index >= 15 is 0 Å². The van der Waals surface area contributed by atoms with E-state index in [0.29, 0.717) is 0 Å². The number of rotatable bonds is 4. The van der Waals surface area contributed by atoms with Gasteiger partial charge in [-0.25, -0.2) is 4.39 Å². The van der Waals surface area contributed by atoms with Crippen molar-refractivity contribution in [2.75, 3.05) is 7.05 Å². The molecule has 1 aromatic carbocycles. The van der Waals surface area contributed by atoms with Crippen LogP contribution in [0.25, 0.3) is 0 Å². The van der Waals surface area contributed by atoms with Gasteiger partial charge in [0.2, 0.25) is 0 Å². The highest BCUT2D eigenvalue weighted by Gasteiger charge is 2.18. The molecule has 1 N–H and O–H groups in total.